The molecule has 1 saturated heterocycles. The third-order valence-corrected chi connectivity index (χ3v) is 7.02. The van der Waals surface area contributed by atoms with Crippen LogP contribution < -0.4 is 32.7 Å². The Hall–Kier alpha value is -5.10. The van der Waals surface area contributed by atoms with Crippen molar-refractivity contribution in [2.45, 2.75) is 68.7 Å². The van der Waals surface area contributed by atoms with E-state index in [1.165, 1.54) is 4.90 Å². The first kappa shape index (κ1) is 37.1. The summed E-state index contributed by atoms with van der Waals surface area (Å²) in [6.45, 7) is -1.48. The molecule has 18 heteroatoms. The average molecular weight is 650 g/mol. The van der Waals surface area contributed by atoms with E-state index < -0.39 is 97.2 Å². The van der Waals surface area contributed by atoms with Gasteiger partial charge in [-0.3, -0.25) is 33.6 Å². The molecule has 6 amide bonds. The SMILES string of the molecule is NC(=O)C[C@H](NC(=O)CNC(=O)[C@H](CO)NC(=O)[C@@H]1CCCN1C(=O)[C@@H](N)CCC(=O)O)C(=O)N[C@@H](Cc1ccccc1)C(=O)O. The number of carbonyl (C=O) groups excluding carboxylic acids is 6. The number of benzene rings is 1. The molecule has 1 aliphatic heterocycles. The summed E-state index contributed by atoms with van der Waals surface area (Å²) in [5.74, 6) is -7.88. The Morgan fingerprint density at radius 1 is 0.913 bits per heavy atom. The molecule has 1 aliphatic rings. The van der Waals surface area contributed by atoms with Gasteiger partial charge < -0.3 is 53.0 Å². The minimum Gasteiger partial charge on any atom is -0.481 e. The van der Waals surface area contributed by atoms with Crippen LogP contribution in [-0.4, -0.2) is 118 Å². The number of aliphatic carboxylic acids is 2. The molecule has 18 nitrogen and oxygen atoms in total. The molecular formula is C28H39N7O11. The number of rotatable bonds is 18. The number of likely N-dealkylation sites (tertiary alicyclic amines) is 1. The van der Waals surface area contributed by atoms with Crippen molar-refractivity contribution >= 4 is 47.4 Å². The molecule has 0 bridgehead atoms. The van der Waals surface area contributed by atoms with Gasteiger partial charge in [-0.2, -0.15) is 0 Å². The molecule has 0 aromatic heterocycles. The quantitative estimate of drug-likeness (QED) is 0.0734. The molecule has 0 aliphatic carbocycles. The van der Waals surface area contributed by atoms with Crippen molar-refractivity contribution in [1.29, 1.82) is 0 Å². The fraction of sp³-hybridized carbons (Fsp3) is 0.500. The lowest BCUT2D eigenvalue weighted by atomic mass is 10.1. The summed E-state index contributed by atoms with van der Waals surface area (Å²) >= 11 is 0. The molecule has 1 fully saturated rings. The fourth-order valence-corrected chi connectivity index (χ4v) is 4.65. The molecule has 2 rings (SSSR count). The predicted molar refractivity (Wildman–Crippen MR) is 157 cm³/mol. The monoisotopic (exact) mass is 649 g/mol. The first-order chi connectivity index (χ1) is 21.7. The third kappa shape index (κ3) is 11.8. The lowest BCUT2D eigenvalue weighted by molar-refractivity contribution is -0.142. The minimum atomic E-state index is -1.58. The minimum absolute atomic E-state index is 0.0895. The van der Waals surface area contributed by atoms with Crippen molar-refractivity contribution in [2.75, 3.05) is 19.7 Å². The molecule has 0 spiro atoms. The number of nitrogens with two attached hydrogens (primary N) is 2. The second-order valence-corrected chi connectivity index (χ2v) is 10.6. The Labute approximate surface area is 263 Å². The maximum atomic E-state index is 12.9. The number of primary amides is 1. The van der Waals surface area contributed by atoms with Crippen molar-refractivity contribution in [2.24, 2.45) is 11.5 Å². The summed E-state index contributed by atoms with van der Waals surface area (Å²) in [5, 5.41) is 37.0. The number of nitrogens with one attached hydrogen (secondary N) is 4. The molecule has 0 radical (unpaired) electrons. The molecule has 1 aromatic carbocycles. The molecule has 252 valence electrons. The van der Waals surface area contributed by atoms with Gasteiger partial charge in [0, 0.05) is 19.4 Å². The van der Waals surface area contributed by atoms with E-state index in [0.29, 0.717) is 12.0 Å². The van der Waals surface area contributed by atoms with E-state index >= 15 is 0 Å². The summed E-state index contributed by atoms with van der Waals surface area (Å²) in [6.07, 6.45) is -0.599. The van der Waals surface area contributed by atoms with Crippen LogP contribution in [0.3, 0.4) is 0 Å². The van der Waals surface area contributed by atoms with Crippen LogP contribution in [0.1, 0.15) is 37.7 Å². The molecule has 1 heterocycles. The Bertz CT molecular complexity index is 1290. The maximum Gasteiger partial charge on any atom is 0.326 e. The number of amides is 6. The lowest BCUT2D eigenvalue weighted by Crippen LogP contribution is -2.57. The van der Waals surface area contributed by atoms with Gasteiger partial charge in [-0.25, -0.2) is 4.79 Å². The van der Waals surface area contributed by atoms with Gasteiger partial charge in [-0.15, -0.1) is 0 Å². The van der Waals surface area contributed by atoms with Crippen molar-refractivity contribution in [3.05, 3.63) is 35.9 Å². The molecule has 1 aromatic rings. The summed E-state index contributed by atoms with van der Waals surface area (Å²) in [6, 6.07) is 1.68. The summed E-state index contributed by atoms with van der Waals surface area (Å²) < 4.78 is 0. The fourth-order valence-electron chi connectivity index (χ4n) is 4.65. The molecule has 11 N–H and O–H groups in total. The average Bonchev–Trinajstić information content (AvgIpc) is 3.50. The second kappa shape index (κ2) is 18.0. The van der Waals surface area contributed by atoms with Gasteiger partial charge in [0.25, 0.3) is 0 Å². The predicted octanol–water partition coefficient (Wildman–Crippen LogP) is -4.06. The van der Waals surface area contributed by atoms with Crippen molar-refractivity contribution < 1.29 is 53.7 Å². The van der Waals surface area contributed by atoms with E-state index in [-0.39, 0.29) is 32.2 Å². The van der Waals surface area contributed by atoms with Gasteiger partial charge in [0.05, 0.1) is 25.6 Å². The first-order valence-corrected chi connectivity index (χ1v) is 14.3. The van der Waals surface area contributed by atoms with Gasteiger partial charge in [0.15, 0.2) is 0 Å². The molecule has 46 heavy (non-hydrogen) atoms. The first-order valence-electron chi connectivity index (χ1n) is 14.3. The molecular weight excluding hydrogens is 610 g/mol. The normalized spacial score (nSPS) is 16.7. The topological polar surface area (TPSA) is 301 Å². The van der Waals surface area contributed by atoms with Crippen molar-refractivity contribution in [3.8, 4) is 0 Å². The van der Waals surface area contributed by atoms with E-state index in [1.54, 1.807) is 30.3 Å². The van der Waals surface area contributed by atoms with E-state index in [0.717, 1.165) is 0 Å². The highest BCUT2D eigenvalue weighted by Gasteiger charge is 2.37. The third-order valence-electron chi connectivity index (χ3n) is 7.02. The van der Waals surface area contributed by atoms with Crippen LogP contribution in [0.25, 0.3) is 0 Å². The van der Waals surface area contributed by atoms with E-state index in [2.05, 4.69) is 21.3 Å². The zero-order valence-corrected chi connectivity index (χ0v) is 24.8. The summed E-state index contributed by atoms with van der Waals surface area (Å²) in [4.78, 5) is 98.9. The zero-order chi connectivity index (χ0) is 34.4. The van der Waals surface area contributed by atoms with Crippen LogP contribution in [0.4, 0.5) is 0 Å². The van der Waals surface area contributed by atoms with Gasteiger partial charge in [0.1, 0.15) is 24.2 Å². The van der Waals surface area contributed by atoms with E-state index in [4.69, 9.17) is 16.6 Å². The van der Waals surface area contributed by atoms with Crippen LogP contribution in [0.2, 0.25) is 0 Å². The second-order valence-electron chi connectivity index (χ2n) is 10.6. The molecule has 0 unspecified atom stereocenters. The van der Waals surface area contributed by atoms with Crippen molar-refractivity contribution in [3.63, 3.8) is 0 Å². The van der Waals surface area contributed by atoms with Gasteiger partial charge in [0.2, 0.25) is 35.4 Å². The highest BCUT2D eigenvalue weighted by molar-refractivity contribution is 5.96. The Morgan fingerprint density at radius 3 is 2.17 bits per heavy atom. The standard InChI is InChI=1S/C28H39N7O11/c29-16(8-9-23(39)40)27(44)35-10-4-7-20(35)26(43)34-19(14-36)24(41)31-13-22(38)32-17(12-21(30)37)25(42)33-18(28(45)46)11-15-5-2-1-3-6-15/h1-3,5-6,16-20,36H,4,7-14,29H2,(H2,30,37)(H,31,41)(H,32,38)(H,33,42)(H,34,43)(H,39,40)(H,45,46)/t16-,17-,18-,19-,20-/m0/s1. The number of hydrogen-bond donors (Lipinski definition) is 9. The number of carboxylic acids is 2. The van der Waals surface area contributed by atoms with Crippen LogP contribution in [-0.2, 0) is 44.8 Å². The maximum absolute atomic E-state index is 12.9. The molecule has 0 saturated carbocycles. The smallest absolute Gasteiger partial charge is 0.326 e. The summed E-state index contributed by atoms with van der Waals surface area (Å²) in [5.41, 5.74) is 11.6. The Morgan fingerprint density at radius 2 is 1.59 bits per heavy atom. The zero-order valence-electron chi connectivity index (χ0n) is 24.8. The van der Waals surface area contributed by atoms with Crippen LogP contribution in [0, 0.1) is 0 Å². The Kier molecular flexibility index (Phi) is 14.5. The number of hydrogen-bond acceptors (Lipinski definition) is 10. The molecule has 5 atom stereocenters. The number of aliphatic hydroxyl groups is 1. The number of aliphatic hydroxyl groups excluding tert-OH is 1. The van der Waals surface area contributed by atoms with Gasteiger partial charge >= 0.3 is 11.9 Å². The van der Waals surface area contributed by atoms with Crippen LogP contribution in [0.5, 0.6) is 0 Å². The van der Waals surface area contributed by atoms with Crippen LogP contribution in [0.15, 0.2) is 30.3 Å². The largest absolute Gasteiger partial charge is 0.481 e. The van der Waals surface area contributed by atoms with E-state index in [9.17, 15) is 48.6 Å². The van der Waals surface area contributed by atoms with Gasteiger partial charge in [-0.05, 0) is 24.8 Å². The lowest BCUT2D eigenvalue weighted by Gasteiger charge is -2.27. The van der Waals surface area contributed by atoms with Crippen molar-refractivity contribution in [1.82, 2.24) is 26.2 Å². The number of carboxylic acid groups (broad SMARTS) is 2. The van der Waals surface area contributed by atoms with E-state index in [1.807, 2.05) is 0 Å². The summed E-state index contributed by atoms with van der Waals surface area (Å²) in [7, 11) is 0. The van der Waals surface area contributed by atoms with Crippen LogP contribution >= 0.6 is 0 Å². The van der Waals surface area contributed by atoms with Gasteiger partial charge in [-0.1, -0.05) is 30.3 Å². The highest BCUT2D eigenvalue weighted by atomic mass is 16.4. The highest BCUT2D eigenvalue weighted by Crippen LogP contribution is 2.19. The number of nitrogens with zero attached hydrogens (tertiary/aromatic N) is 1. The number of carbonyl (C=O) groups is 8. The Balaban J connectivity index is 1.96.